The molecule has 0 aliphatic rings. The molecule has 148 valence electrons. The molecule has 0 atom stereocenters. The van der Waals surface area contributed by atoms with Crippen LogP contribution in [0.3, 0.4) is 0 Å². The lowest BCUT2D eigenvalue weighted by atomic mass is 10.2. The minimum Gasteiger partial charge on any atom is -0.401 e. The van der Waals surface area contributed by atoms with Gasteiger partial charge in [0.15, 0.2) is 0 Å². The van der Waals surface area contributed by atoms with Crippen LogP contribution in [0.2, 0.25) is 0 Å². The van der Waals surface area contributed by atoms with Crippen molar-refractivity contribution in [1.82, 2.24) is 10.9 Å². The van der Waals surface area contributed by atoms with Crippen LogP contribution in [-0.2, 0) is 0 Å². The third-order valence-corrected chi connectivity index (χ3v) is 3.93. The maximum atomic E-state index is 13.1. The van der Waals surface area contributed by atoms with E-state index in [0.29, 0.717) is 16.9 Å². The Hall–Kier alpha value is -3.39. The van der Waals surface area contributed by atoms with Gasteiger partial charge in [0.1, 0.15) is 5.82 Å². The van der Waals surface area contributed by atoms with Gasteiger partial charge in [-0.15, -0.1) is 0 Å². The van der Waals surface area contributed by atoms with E-state index >= 15 is 0 Å². The number of halogens is 1. The lowest BCUT2D eigenvalue weighted by Crippen LogP contribution is -2.41. The summed E-state index contributed by atoms with van der Waals surface area (Å²) in [5.74, 6) is 4.28. The summed E-state index contributed by atoms with van der Waals surface area (Å²) in [4.78, 5) is 24.1. The molecule has 0 unspecified atom stereocenters. The number of hydrogen-bond acceptors (Lipinski definition) is 5. The Kier molecular flexibility index (Phi) is 7.53. The van der Waals surface area contributed by atoms with E-state index in [1.165, 1.54) is 23.2 Å². The number of amides is 2. The number of nitrogens with zero attached hydrogens (tertiary/aromatic N) is 1. The Balaban J connectivity index is 1.93. The van der Waals surface area contributed by atoms with Crippen LogP contribution in [0.4, 0.5) is 10.1 Å². The molecule has 8 heteroatoms. The summed E-state index contributed by atoms with van der Waals surface area (Å²) in [5.41, 5.74) is 12.2. The highest BCUT2D eigenvalue weighted by Gasteiger charge is 2.10. The number of nitrogens with two attached hydrogens (primary N) is 2. The molecule has 0 saturated carbocycles. The van der Waals surface area contributed by atoms with Crippen molar-refractivity contribution in [3.63, 3.8) is 0 Å². The number of hydrazine groups is 2. The topological polar surface area (TPSA) is 113 Å². The number of benzene rings is 2. The standard InChI is InChI=1S/C20H24FN5O2/c1-2-3-7-17(22)13-26(23)18-10-8-14(9-11-18)19(27)24-25-20(28)15-5-4-6-16(21)12-15/h4-6,8-13H,2-3,7,22-23H2,1H3,(H,24,27)(H,25,28)/b17-13-. The fourth-order valence-corrected chi connectivity index (χ4v) is 2.37. The molecule has 2 amide bonds. The highest BCUT2D eigenvalue weighted by atomic mass is 19.1. The fourth-order valence-electron chi connectivity index (χ4n) is 2.37. The summed E-state index contributed by atoms with van der Waals surface area (Å²) in [6.07, 6.45) is 4.43. The van der Waals surface area contributed by atoms with Gasteiger partial charge in [-0.25, -0.2) is 10.2 Å². The van der Waals surface area contributed by atoms with Crippen molar-refractivity contribution < 1.29 is 14.0 Å². The monoisotopic (exact) mass is 385 g/mol. The Morgan fingerprint density at radius 3 is 2.32 bits per heavy atom. The summed E-state index contributed by atoms with van der Waals surface area (Å²) in [6.45, 7) is 2.08. The molecule has 0 fully saturated rings. The molecule has 0 bridgehead atoms. The molecule has 0 spiro atoms. The minimum atomic E-state index is -0.620. The number of hydrogen-bond donors (Lipinski definition) is 4. The van der Waals surface area contributed by atoms with Crippen LogP contribution in [0, 0.1) is 5.82 Å². The maximum absolute atomic E-state index is 13.1. The zero-order valence-corrected chi connectivity index (χ0v) is 15.6. The molecule has 2 aromatic carbocycles. The number of carbonyl (C=O) groups excluding carboxylic acids is 2. The average Bonchev–Trinajstić information content (AvgIpc) is 2.70. The first kappa shape index (κ1) is 20.9. The number of unbranched alkanes of at least 4 members (excludes halogenated alkanes) is 1. The number of anilines is 1. The Morgan fingerprint density at radius 1 is 1.07 bits per heavy atom. The van der Waals surface area contributed by atoms with Crippen molar-refractivity contribution in [2.24, 2.45) is 11.6 Å². The second-order valence-corrected chi connectivity index (χ2v) is 6.18. The maximum Gasteiger partial charge on any atom is 0.269 e. The lowest BCUT2D eigenvalue weighted by molar-refractivity contribution is 0.0846. The number of nitrogens with one attached hydrogen (secondary N) is 2. The zero-order valence-electron chi connectivity index (χ0n) is 15.6. The lowest BCUT2D eigenvalue weighted by Gasteiger charge is -2.15. The van der Waals surface area contributed by atoms with Gasteiger partial charge in [0.25, 0.3) is 11.8 Å². The van der Waals surface area contributed by atoms with Crippen LogP contribution >= 0.6 is 0 Å². The normalized spacial score (nSPS) is 11.0. The van der Waals surface area contributed by atoms with Crippen molar-refractivity contribution >= 4 is 17.5 Å². The van der Waals surface area contributed by atoms with Gasteiger partial charge in [0.05, 0.1) is 5.69 Å². The molecule has 6 N–H and O–H groups in total. The molecule has 0 heterocycles. The summed E-state index contributed by atoms with van der Waals surface area (Å²) >= 11 is 0. The first-order chi connectivity index (χ1) is 13.4. The van der Waals surface area contributed by atoms with Crippen LogP contribution in [0.15, 0.2) is 60.4 Å². The van der Waals surface area contributed by atoms with Gasteiger partial charge in [0, 0.05) is 23.0 Å². The van der Waals surface area contributed by atoms with Gasteiger partial charge in [-0.3, -0.25) is 25.4 Å². The van der Waals surface area contributed by atoms with E-state index in [1.54, 1.807) is 30.5 Å². The average molecular weight is 385 g/mol. The molecule has 2 aromatic rings. The van der Waals surface area contributed by atoms with Crippen LogP contribution in [-0.4, -0.2) is 11.8 Å². The summed E-state index contributed by atoms with van der Waals surface area (Å²) < 4.78 is 13.1. The molecular formula is C20H24FN5O2. The van der Waals surface area contributed by atoms with E-state index in [2.05, 4.69) is 17.8 Å². The molecule has 0 saturated heterocycles. The fraction of sp³-hybridized carbons (Fsp3) is 0.200. The second kappa shape index (κ2) is 10.1. The number of carbonyl (C=O) groups is 2. The van der Waals surface area contributed by atoms with Crippen LogP contribution in [0.1, 0.15) is 46.9 Å². The molecule has 28 heavy (non-hydrogen) atoms. The summed E-state index contributed by atoms with van der Waals surface area (Å²) in [5, 5.41) is 1.39. The first-order valence-corrected chi connectivity index (χ1v) is 8.87. The van der Waals surface area contributed by atoms with E-state index < -0.39 is 17.6 Å². The molecule has 0 aliphatic carbocycles. The number of rotatable bonds is 7. The largest absolute Gasteiger partial charge is 0.401 e. The Bertz CT molecular complexity index is 852. The summed E-state index contributed by atoms with van der Waals surface area (Å²) in [6, 6.07) is 11.6. The SMILES string of the molecule is CCCC/C(N)=C/N(N)c1ccc(C(=O)NNC(=O)c2cccc(F)c2)cc1. The first-order valence-electron chi connectivity index (χ1n) is 8.87. The third kappa shape index (κ3) is 6.10. The van der Waals surface area contributed by atoms with Crippen molar-refractivity contribution in [2.45, 2.75) is 26.2 Å². The van der Waals surface area contributed by atoms with Gasteiger partial charge in [0.2, 0.25) is 0 Å². The highest BCUT2D eigenvalue weighted by Crippen LogP contribution is 2.14. The molecule has 0 aromatic heterocycles. The summed E-state index contributed by atoms with van der Waals surface area (Å²) in [7, 11) is 0. The molecular weight excluding hydrogens is 361 g/mol. The van der Waals surface area contributed by atoms with E-state index in [9.17, 15) is 14.0 Å². The second-order valence-electron chi connectivity index (χ2n) is 6.18. The highest BCUT2D eigenvalue weighted by molar-refractivity contribution is 5.99. The molecule has 2 rings (SSSR count). The van der Waals surface area contributed by atoms with Crippen LogP contribution in [0.25, 0.3) is 0 Å². The number of allylic oxidation sites excluding steroid dienone is 1. The van der Waals surface area contributed by atoms with Crippen molar-refractivity contribution in [1.29, 1.82) is 0 Å². The smallest absolute Gasteiger partial charge is 0.269 e. The van der Waals surface area contributed by atoms with Gasteiger partial charge >= 0.3 is 0 Å². The van der Waals surface area contributed by atoms with E-state index in [1.807, 2.05) is 0 Å². The predicted octanol–water partition coefficient (Wildman–Crippen LogP) is 2.57. The zero-order chi connectivity index (χ0) is 20.5. The molecule has 0 radical (unpaired) electrons. The quantitative estimate of drug-likeness (QED) is 0.432. The van der Waals surface area contributed by atoms with E-state index in [0.717, 1.165) is 25.3 Å². The van der Waals surface area contributed by atoms with Crippen molar-refractivity contribution in [2.75, 3.05) is 5.01 Å². The van der Waals surface area contributed by atoms with Crippen LogP contribution < -0.4 is 27.4 Å². The Labute approximate surface area is 163 Å². The van der Waals surface area contributed by atoms with Gasteiger partial charge < -0.3 is 5.73 Å². The van der Waals surface area contributed by atoms with Gasteiger partial charge in [-0.2, -0.15) is 0 Å². The van der Waals surface area contributed by atoms with E-state index in [-0.39, 0.29) is 5.56 Å². The predicted molar refractivity (Wildman–Crippen MR) is 106 cm³/mol. The Morgan fingerprint density at radius 2 is 1.71 bits per heavy atom. The van der Waals surface area contributed by atoms with Gasteiger partial charge in [-0.1, -0.05) is 19.4 Å². The van der Waals surface area contributed by atoms with Crippen molar-refractivity contribution in [3.05, 3.63) is 77.4 Å². The molecule has 0 aliphatic heterocycles. The van der Waals surface area contributed by atoms with Crippen molar-refractivity contribution in [3.8, 4) is 0 Å². The van der Waals surface area contributed by atoms with Crippen LogP contribution in [0.5, 0.6) is 0 Å². The molecule has 7 nitrogen and oxygen atoms in total. The van der Waals surface area contributed by atoms with Gasteiger partial charge in [-0.05, 0) is 55.3 Å². The minimum absolute atomic E-state index is 0.0990. The van der Waals surface area contributed by atoms with E-state index in [4.69, 9.17) is 11.6 Å². The third-order valence-electron chi connectivity index (χ3n) is 3.93.